The van der Waals surface area contributed by atoms with E-state index in [0.717, 1.165) is 12.8 Å². The lowest BCUT2D eigenvalue weighted by Gasteiger charge is -2.29. The van der Waals surface area contributed by atoms with Gasteiger partial charge in [0.05, 0.1) is 28.7 Å². The summed E-state index contributed by atoms with van der Waals surface area (Å²) in [6.45, 7) is 4.22. The molecular weight excluding hydrogens is 331 g/mol. The van der Waals surface area contributed by atoms with E-state index in [2.05, 4.69) is 10.4 Å². The topological polar surface area (TPSA) is 72.9 Å². The van der Waals surface area contributed by atoms with Crippen LogP contribution in [0.5, 0.6) is 0 Å². The molecular formula is C17H22ClFN4O. The van der Waals surface area contributed by atoms with E-state index in [1.54, 1.807) is 16.8 Å². The molecule has 0 spiro atoms. The third-order valence-electron chi connectivity index (χ3n) is 4.63. The first-order valence-corrected chi connectivity index (χ1v) is 7.78. The van der Waals surface area contributed by atoms with Gasteiger partial charge in [-0.1, -0.05) is 0 Å². The molecule has 24 heavy (non-hydrogen) atoms. The average molecular weight is 353 g/mol. The number of rotatable bonds is 5. The second-order valence-electron chi connectivity index (χ2n) is 6.38. The molecule has 1 aromatic heterocycles. The highest BCUT2D eigenvalue weighted by atomic mass is 35.5. The van der Waals surface area contributed by atoms with E-state index in [0.29, 0.717) is 29.4 Å². The highest BCUT2D eigenvalue weighted by molar-refractivity contribution is 5.95. The minimum absolute atomic E-state index is 0. The lowest BCUT2D eigenvalue weighted by Crippen LogP contribution is -2.53. The molecule has 1 heterocycles. The van der Waals surface area contributed by atoms with Crippen molar-refractivity contribution in [2.75, 3.05) is 6.54 Å². The summed E-state index contributed by atoms with van der Waals surface area (Å²) in [5, 5.41) is 7.31. The molecule has 1 unspecified atom stereocenters. The van der Waals surface area contributed by atoms with Crippen LogP contribution in [0.4, 0.5) is 4.39 Å². The van der Waals surface area contributed by atoms with Gasteiger partial charge < -0.3 is 11.1 Å². The van der Waals surface area contributed by atoms with Gasteiger partial charge in [-0.15, -0.1) is 12.4 Å². The molecule has 1 fully saturated rings. The van der Waals surface area contributed by atoms with Crippen molar-refractivity contribution in [3.63, 3.8) is 0 Å². The van der Waals surface area contributed by atoms with Gasteiger partial charge in [0.1, 0.15) is 5.82 Å². The fraction of sp³-hybridized carbons (Fsp3) is 0.412. The number of hydrogen-bond donors (Lipinski definition) is 2. The molecule has 1 saturated carbocycles. The molecule has 7 heteroatoms. The maximum atomic E-state index is 13.0. The Morgan fingerprint density at radius 3 is 2.58 bits per heavy atom. The number of amides is 1. The van der Waals surface area contributed by atoms with Gasteiger partial charge in [0.25, 0.3) is 5.91 Å². The van der Waals surface area contributed by atoms with Crippen molar-refractivity contribution in [1.29, 1.82) is 0 Å². The lowest BCUT2D eigenvalue weighted by atomic mass is 9.95. The number of nitrogens with two attached hydrogens (primary N) is 1. The normalized spacial score (nSPS) is 16.2. The summed E-state index contributed by atoms with van der Waals surface area (Å²) in [5.41, 5.74) is 7.41. The Bertz CT molecular complexity index is 727. The zero-order valence-corrected chi connectivity index (χ0v) is 14.6. The highest BCUT2D eigenvalue weighted by Gasteiger charge is 2.41. The van der Waals surface area contributed by atoms with Gasteiger partial charge in [-0.05, 0) is 56.9 Å². The van der Waals surface area contributed by atoms with E-state index in [-0.39, 0.29) is 29.7 Å². The van der Waals surface area contributed by atoms with Crippen LogP contribution in [0.25, 0.3) is 5.69 Å². The molecule has 3 rings (SSSR count). The molecule has 1 amide bonds. The number of nitrogens with zero attached hydrogens (tertiary/aromatic N) is 2. The minimum Gasteiger partial charge on any atom is -0.345 e. The number of benzene rings is 1. The summed E-state index contributed by atoms with van der Waals surface area (Å²) >= 11 is 0. The van der Waals surface area contributed by atoms with Gasteiger partial charge in [-0.25, -0.2) is 9.07 Å². The van der Waals surface area contributed by atoms with Crippen LogP contribution in [-0.2, 0) is 0 Å². The van der Waals surface area contributed by atoms with Crippen molar-refractivity contribution < 1.29 is 9.18 Å². The fourth-order valence-corrected chi connectivity index (χ4v) is 2.84. The van der Waals surface area contributed by atoms with Gasteiger partial charge in [0, 0.05) is 6.54 Å². The third kappa shape index (κ3) is 3.44. The molecule has 3 N–H and O–H groups in total. The van der Waals surface area contributed by atoms with E-state index >= 15 is 0 Å². The van der Waals surface area contributed by atoms with Gasteiger partial charge >= 0.3 is 0 Å². The lowest BCUT2D eigenvalue weighted by molar-refractivity contribution is 0.0897. The van der Waals surface area contributed by atoms with Crippen molar-refractivity contribution in [2.24, 2.45) is 11.7 Å². The maximum Gasteiger partial charge on any atom is 0.255 e. The molecule has 1 aliphatic rings. The summed E-state index contributed by atoms with van der Waals surface area (Å²) in [6, 6.07) is 6.00. The Kier molecular flexibility index (Phi) is 5.30. The van der Waals surface area contributed by atoms with Crippen LogP contribution in [0.15, 0.2) is 30.5 Å². The van der Waals surface area contributed by atoms with Crippen molar-refractivity contribution >= 4 is 18.3 Å². The van der Waals surface area contributed by atoms with Crippen LogP contribution in [0.1, 0.15) is 35.8 Å². The summed E-state index contributed by atoms with van der Waals surface area (Å²) in [4.78, 5) is 12.6. The van der Waals surface area contributed by atoms with Crippen LogP contribution >= 0.6 is 12.4 Å². The molecule has 0 bridgehead atoms. The van der Waals surface area contributed by atoms with Crippen LogP contribution in [0.3, 0.4) is 0 Å². The maximum absolute atomic E-state index is 13.0. The van der Waals surface area contributed by atoms with Crippen molar-refractivity contribution in [2.45, 2.75) is 32.2 Å². The monoisotopic (exact) mass is 352 g/mol. The molecule has 5 nitrogen and oxygen atoms in total. The third-order valence-corrected chi connectivity index (χ3v) is 4.63. The molecule has 1 atom stereocenters. The van der Waals surface area contributed by atoms with Crippen LogP contribution in [0, 0.1) is 18.7 Å². The molecule has 1 aliphatic carbocycles. The Balaban J connectivity index is 0.00000208. The number of halogens is 2. The van der Waals surface area contributed by atoms with Crippen molar-refractivity contribution in [3.8, 4) is 5.69 Å². The second kappa shape index (κ2) is 6.91. The minimum atomic E-state index is -0.374. The number of hydrogen-bond acceptors (Lipinski definition) is 3. The molecule has 0 radical (unpaired) electrons. The first kappa shape index (κ1) is 18.4. The Morgan fingerprint density at radius 2 is 2.04 bits per heavy atom. The summed E-state index contributed by atoms with van der Waals surface area (Å²) in [6.07, 6.45) is 3.74. The van der Waals surface area contributed by atoms with E-state index in [4.69, 9.17) is 5.73 Å². The van der Waals surface area contributed by atoms with Crippen LogP contribution in [0.2, 0.25) is 0 Å². The molecule has 0 aliphatic heterocycles. The largest absolute Gasteiger partial charge is 0.345 e. The zero-order chi connectivity index (χ0) is 16.6. The summed E-state index contributed by atoms with van der Waals surface area (Å²) in [7, 11) is 0. The van der Waals surface area contributed by atoms with E-state index in [1.165, 1.54) is 18.3 Å². The van der Waals surface area contributed by atoms with E-state index < -0.39 is 0 Å². The van der Waals surface area contributed by atoms with Crippen LogP contribution in [-0.4, -0.2) is 27.8 Å². The van der Waals surface area contributed by atoms with Gasteiger partial charge in [0.2, 0.25) is 0 Å². The molecule has 0 saturated heterocycles. The number of aromatic nitrogens is 2. The molecule has 1 aromatic carbocycles. The highest BCUT2D eigenvalue weighted by Crippen LogP contribution is 2.39. The quantitative estimate of drug-likeness (QED) is 0.868. The average Bonchev–Trinajstić information content (AvgIpc) is 3.32. The SMILES string of the molecule is Cc1c(C(=O)NC(C)(CN)C2CC2)cnn1-c1ccc(F)cc1.Cl. The second-order valence-corrected chi connectivity index (χ2v) is 6.38. The first-order chi connectivity index (χ1) is 10.9. The predicted octanol–water partition coefficient (Wildman–Crippen LogP) is 2.60. The van der Waals surface area contributed by atoms with Gasteiger partial charge in [-0.3, -0.25) is 4.79 Å². The molecule has 130 valence electrons. The van der Waals surface area contributed by atoms with Gasteiger partial charge in [-0.2, -0.15) is 5.10 Å². The summed E-state index contributed by atoms with van der Waals surface area (Å²) in [5.74, 6) is -0.0284. The van der Waals surface area contributed by atoms with E-state index in [9.17, 15) is 9.18 Å². The van der Waals surface area contributed by atoms with Crippen molar-refractivity contribution in [1.82, 2.24) is 15.1 Å². The van der Waals surface area contributed by atoms with E-state index in [1.807, 2.05) is 13.8 Å². The van der Waals surface area contributed by atoms with Gasteiger partial charge in [0.15, 0.2) is 0 Å². The van der Waals surface area contributed by atoms with Crippen molar-refractivity contribution in [3.05, 3.63) is 47.5 Å². The van der Waals surface area contributed by atoms with Crippen LogP contribution < -0.4 is 11.1 Å². The first-order valence-electron chi connectivity index (χ1n) is 7.78. The Labute approximate surface area is 146 Å². The smallest absolute Gasteiger partial charge is 0.255 e. The Hall–Kier alpha value is -1.92. The zero-order valence-electron chi connectivity index (χ0n) is 13.8. The summed E-state index contributed by atoms with van der Waals surface area (Å²) < 4.78 is 14.7. The Morgan fingerprint density at radius 1 is 1.42 bits per heavy atom. The number of nitrogens with one attached hydrogen (secondary N) is 1. The molecule has 2 aromatic rings. The standard InChI is InChI=1S/C17H21FN4O.ClH/c1-11-15(16(23)21-17(2,10-19)12-3-4-12)9-20-22(11)14-7-5-13(18)6-8-14;/h5-9,12H,3-4,10,19H2,1-2H3,(H,21,23);1H. The number of carbonyl (C=O) groups excluding carboxylic acids is 1. The fourth-order valence-electron chi connectivity index (χ4n) is 2.84. The number of carbonyl (C=O) groups is 1. The predicted molar refractivity (Wildman–Crippen MR) is 93.2 cm³/mol.